The highest BCUT2D eigenvalue weighted by Gasteiger charge is 2.24. The zero-order chi connectivity index (χ0) is 17.2. The van der Waals surface area contributed by atoms with Crippen LogP contribution in [0, 0.1) is 5.82 Å². The van der Waals surface area contributed by atoms with Crippen LogP contribution in [0.2, 0.25) is 0 Å². The summed E-state index contributed by atoms with van der Waals surface area (Å²) in [6, 6.07) is 9.09. The maximum absolute atomic E-state index is 13.1. The molecule has 3 aromatic rings. The van der Waals surface area contributed by atoms with Gasteiger partial charge in [0.05, 0.1) is 0 Å². The molecule has 0 amide bonds. The maximum Gasteiger partial charge on any atom is 0.245 e. The third kappa shape index (κ3) is 3.24. The van der Waals surface area contributed by atoms with Crippen LogP contribution in [-0.4, -0.2) is 42.9 Å². The van der Waals surface area contributed by atoms with Gasteiger partial charge in [0.2, 0.25) is 10.0 Å². The molecule has 0 saturated carbocycles. The van der Waals surface area contributed by atoms with Gasteiger partial charge in [0.1, 0.15) is 28.7 Å². The van der Waals surface area contributed by atoms with Crippen molar-refractivity contribution in [3.63, 3.8) is 0 Å². The summed E-state index contributed by atoms with van der Waals surface area (Å²) in [6.07, 6.45) is 3.02. The Morgan fingerprint density at radius 2 is 2.12 bits per heavy atom. The molecule has 0 radical (unpaired) electrons. The molecule has 0 bridgehead atoms. The van der Waals surface area contributed by atoms with Crippen LogP contribution in [0.4, 0.5) is 4.39 Å². The first-order chi connectivity index (χ1) is 11.5. The number of sulfonamides is 1. The van der Waals surface area contributed by atoms with Crippen molar-refractivity contribution < 1.29 is 17.5 Å². The van der Waals surface area contributed by atoms with E-state index < -0.39 is 15.8 Å². The van der Waals surface area contributed by atoms with E-state index in [1.54, 1.807) is 24.4 Å². The molecular weight excluding hydrogens is 333 g/mol. The number of ether oxygens (including phenoxy) is 1. The van der Waals surface area contributed by atoms with Crippen LogP contribution in [-0.2, 0) is 10.0 Å². The van der Waals surface area contributed by atoms with Crippen molar-refractivity contribution in [1.82, 2.24) is 14.3 Å². The fourth-order valence-electron chi connectivity index (χ4n) is 2.28. The maximum atomic E-state index is 13.1. The molecule has 1 N–H and O–H groups in total. The van der Waals surface area contributed by atoms with Crippen LogP contribution in [0.25, 0.3) is 11.0 Å². The van der Waals surface area contributed by atoms with E-state index in [4.69, 9.17) is 4.74 Å². The molecule has 0 unspecified atom stereocenters. The topological polar surface area (TPSA) is 75.3 Å². The van der Waals surface area contributed by atoms with E-state index >= 15 is 0 Å². The Kier molecular flexibility index (Phi) is 4.50. The van der Waals surface area contributed by atoms with Gasteiger partial charge in [-0.3, -0.25) is 0 Å². The van der Waals surface area contributed by atoms with Gasteiger partial charge in [0, 0.05) is 37.4 Å². The Labute approximate surface area is 138 Å². The molecule has 3 rings (SSSR count). The van der Waals surface area contributed by atoms with Crippen molar-refractivity contribution in [3.05, 3.63) is 54.6 Å². The van der Waals surface area contributed by atoms with Crippen molar-refractivity contribution in [3.8, 4) is 5.75 Å². The van der Waals surface area contributed by atoms with E-state index in [1.165, 1.54) is 35.7 Å². The molecule has 126 valence electrons. The fourth-order valence-corrected chi connectivity index (χ4v) is 3.58. The van der Waals surface area contributed by atoms with Crippen LogP contribution in [0.1, 0.15) is 0 Å². The monoisotopic (exact) mass is 349 g/mol. The van der Waals surface area contributed by atoms with Crippen molar-refractivity contribution in [2.24, 2.45) is 0 Å². The predicted octanol–water partition coefficient (Wildman–Crippen LogP) is 2.40. The van der Waals surface area contributed by atoms with Gasteiger partial charge in [-0.15, -0.1) is 0 Å². The number of nitrogens with zero attached hydrogens (tertiary/aromatic N) is 2. The predicted molar refractivity (Wildman–Crippen MR) is 87.8 cm³/mol. The standard InChI is InChI=1S/C16H16FN3O3S/c1-20(8-9-23-13-5-2-4-12(17)10-13)24(21,22)15-11-19-16-14(15)6-3-7-18-16/h2-7,10-11H,8-9H2,1H3,(H,18,19). The van der Waals surface area contributed by atoms with Gasteiger partial charge >= 0.3 is 0 Å². The van der Waals surface area contributed by atoms with Crippen LogP contribution in [0.3, 0.4) is 0 Å². The van der Waals surface area contributed by atoms with E-state index in [1.807, 2.05) is 0 Å². The Bertz CT molecular complexity index is 956. The van der Waals surface area contributed by atoms with Crippen LogP contribution in [0.15, 0.2) is 53.7 Å². The Balaban J connectivity index is 1.70. The van der Waals surface area contributed by atoms with Crippen molar-refractivity contribution in [2.75, 3.05) is 20.2 Å². The van der Waals surface area contributed by atoms with Gasteiger partial charge in [-0.1, -0.05) is 6.07 Å². The summed E-state index contributed by atoms with van der Waals surface area (Å²) in [5.41, 5.74) is 0.514. The van der Waals surface area contributed by atoms with E-state index in [0.717, 1.165) is 0 Å². The Morgan fingerprint density at radius 1 is 1.29 bits per heavy atom. The van der Waals surface area contributed by atoms with Gasteiger partial charge in [0.25, 0.3) is 0 Å². The summed E-state index contributed by atoms with van der Waals surface area (Å²) in [4.78, 5) is 7.10. The van der Waals surface area contributed by atoms with Gasteiger partial charge in [0.15, 0.2) is 0 Å². The molecule has 8 heteroatoms. The summed E-state index contributed by atoms with van der Waals surface area (Å²) in [5.74, 6) is -0.0446. The van der Waals surface area contributed by atoms with Crippen LogP contribution in [0.5, 0.6) is 5.75 Å². The Morgan fingerprint density at radius 3 is 2.92 bits per heavy atom. The highest BCUT2D eigenvalue weighted by molar-refractivity contribution is 7.89. The van der Waals surface area contributed by atoms with Crippen molar-refractivity contribution in [1.29, 1.82) is 0 Å². The molecule has 0 aliphatic carbocycles. The number of hydrogen-bond donors (Lipinski definition) is 1. The van der Waals surface area contributed by atoms with Crippen LogP contribution >= 0.6 is 0 Å². The number of nitrogens with one attached hydrogen (secondary N) is 1. The quantitative estimate of drug-likeness (QED) is 0.741. The number of halogens is 1. The average molecular weight is 349 g/mol. The lowest BCUT2D eigenvalue weighted by Crippen LogP contribution is -2.30. The number of rotatable bonds is 6. The van der Waals surface area contributed by atoms with Gasteiger partial charge in [-0.05, 0) is 24.3 Å². The molecule has 1 aromatic carbocycles. The number of fused-ring (bicyclic) bond motifs is 1. The molecule has 0 aliphatic rings. The lowest BCUT2D eigenvalue weighted by molar-refractivity contribution is 0.286. The lowest BCUT2D eigenvalue weighted by atomic mass is 10.3. The minimum atomic E-state index is -3.68. The number of likely N-dealkylation sites (N-methyl/N-ethyl adjacent to an activating group) is 1. The van der Waals surface area contributed by atoms with Gasteiger partial charge < -0.3 is 9.72 Å². The first-order valence-electron chi connectivity index (χ1n) is 7.25. The number of benzene rings is 1. The highest BCUT2D eigenvalue weighted by atomic mass is 32.2. The molecule has 24 heavy (non-hydrogen) atoms. The molecule has 0 saturated heterocycles. The molecular formula is C16H16FN3O3S. The van der Waals surface area contributed by atoms with Crippen LogP contribution < -0.4 is 4.74 Å². The molecule has 0 aliphatic heterocycles. The number of aromatic nitrogens is 2. The second kappa shape index (κ2) is 6.58. The summed E-state index contributed by atoms with van der Waals surface area (Å²) in [7, 11) is -2.21. The summed E-state index contributed by atoms with van der Waals surface area (Å²) in [6.45, 7) is 0.242. The molecule has 0 spiro atoms. The minimum absolute atomic E-state index is 0.111. The molecule has 2 aromatic heterocycles. The van der Waals surface area contributed by atoms with Crippen molar-refractivity contribution >= 4 is 21.1 Å². The van der Waals surface area contributed by atoms with E-state index in [0.29, 0.717) is 16.8 Å². The first-order valence-corrected chi connectivity index (χ1v) is 8.69. The van der Waals surface area contributed by atoms with Gasteiger partial charge in [-0.25, -0.2) is 17.8 Å². The fraction of sp³-hybridized carbons (Fsp3) is 0.188. The third-order valence-electron chi connectivity index (χ3n) is 3.57. The average Bonchev–Trinajstić information content (AvgIpc) is 2.99. The zero-order valence-electron chi connectivity index (χ0n) is 12.9. The Hall–Kier alpha value is -2.45. The zero-order valence-corrected chi connectivity index (χ0v) is 13.8. The number of aromatic amines is 1. The highest BCUT2D eigenvalue weighted by Crippen LogP contribution is 2.23. The first kappa shape index (κ1) is 16.4. The van der Waals surface area contributed by atoms with E-state index in [-0.39, 0.29) is 18.0 Å². The molecule has 6 nitrogen and oxygen atoms in total. The second-order valence-electron chi connectivity index (χ2n) is 5.18. The minimum Gasteiger partial charge on any atom is -0.492 e. The summed E-state index contributed by atoms with van der Waals surface area (Å²) < 4.78 is 45.0. The van der Waals surface area contributed by atoms with E-state index in [9.17, 15) is 12.8 Å². The smallest absolute Gasteiger partial charge is 0.245 e. The number of H-pyrrole nitrogens is 1. The number of pyridine rings is 1. The molecule has 2 heterocycles. The largest absolute Gasteiger partial charge is 0.492 e. The van der Waals surface area contributed by atoms with Crippen molar-refractivity contribution in [2.45, 2.75) is 4.90 Å². The summed E-state index contributed by atoms with van der Waals surface area (Å²) >= 11 is 0. The van der Waals surface area contributed by atoms with E-state index in [2.05, 4.69) is 9.97 Å². The number of hydrogen-bond acceptors (Lipinski definition) is 4. The SMILES string of the molecule is CN(CCOc1cccc(F)c1)S(=O)(=O)c1c[nH]c2ncccc12. The normalized spacial score (nSPS) is 12.0. The molecule has 0 atom stereocenters. The lowest BCUT2D eigenvalue weighted by Gasteiger charge is -2.17. The summed E-state index contributed by atoms with van der Waals surface area (Å²) in [5, 5.41) is 0.537. The second-order valence-corrected chi connectivity index (χ2v) is 7.20. The van der Waals surface area contributed by atoms with Gasteiger partial charge in [-0.2, -0.15) is 4.31 Å². The third-order valence-corrected chi connectivity index (χ3v) is 5.47. The molecule has 0 fully saturated rings.